The Bertz CT molecular complexity index is 910. The molecule has 0 bridgehead atoms. The molecule has 2 aromatic rings. The first-order chi connectivity index (χ1) is 12.4. The third kappa shape index (κ3) is 4.14. The maximum absolute atomic E-state index is 12.5. The van der Waals surface area contributed by atoms with E-state index in [1.807, 2.05) is 4.90 Å². The van der Waals surface area contributed by atoms with Gasteiger partial charge in [-0.15, -0.1) is 0 Å². The van der Waals surface area contributed by atoms with Crippen LogP contribution in [0.2, 0.25) is 5.02 Å². The molecule has 1 fully saturated rings. The highest BCUT2D eigenvalue weighted by molar-refractivity contribution is 7.90. The molecule has 0 atom stereocenters. The number of anilines is 1. The van der Waals surface area contributed by atoms with Crippen LogP contribution < -0.4 is 9.62 Å². The van der Waals surface area contributed by atoms with E-state index in [-0.39, 0.29) is 10.5 Å². The lowest BCUT2D eigenvalue weighted by Gasteiger charge is -2.27. The lowest BCUT2D eigenvalue weighted by Crippen LogP contribution is -2.36. The Kier molecular flexibility index (Phi) is 5.45. The standard InChI is InChI=1S/C17H18ClN3O4S/c1-12-10-13(18)2-4-15(12)17(22)20-26(23,24)14-3-5-16(19-11-14)21-6-8-25-9-7-21/h2-5,10-11H,6-9H2,1H3,(H,20,22). The van der Waals surface area contributed by atoms with Gasteiger partial charge in [-0.3, -0.25) is 4.79 Å². The number of halogens is 1. The van der Waals surface area contributed by atoms with Gasteiger partial charge in [-0.25, -0.2) is 18.1 Å². The lowest BCUT2D eigenvalue weighted by atomic mass is 10.1. The van der Waals surface area contributed by atoms with Gasteiger partial charge in [0.1, 0.15) is 10.7 Å². The SMILES string of the molecule is Cc1cc(Cl)ccc1C(=O)NS(=O)(=O)c1ccc(N2CCOCC2)nc1. The number of benzene rings is 1. The Morgan fingerprint density at radius 3 is 2.58 bits per heavy atom. The number of ether oxygens (including phenoxy) is 1. The fraction of sp³-hybridized carbons (Fsp3) is 0.294. The summed E-state index contributed by atoms with van der Waals surface area (Å²) in [7, 11) is -4.02. The molecule has 1 aliphatic rings. The van der Waals surface area contributed by atoms with Crippen LogP contribution in [0.5, 0.6) is 0 Å². The van der Waals surface area contributed by atoms with Crippen LogP contribution >= 0.6 is 11.6 Å². The summed E-state index contributed by atoms with van der Waals surface area (Å²) in [4.78, 5) is 18.4. The molecule has 1 aliphatic heterocycles. The highest BCUT2D eigenvalue weighted by Gasteiger charge is 2.21. The number of nitrogens with one attached hydrogen (secondary N) is 1. The molecular formula is C17H18ClN3O4S. The Balaban J connectivity index is 1.76. The molecule has 9 heteroatoms. The Morgan fingerprint density at radius 2 is 1.96 bits per heavy atom. The Hall–Kier alpha value is -2.16. The third-order valence-corrected chi connectivity index (χ3v) is 5.58. The minimum absolute atomic E-state index is 0.0746. The van der Waals surface area contributed by atoms with E-state index in [2.05, 4.69) is 9.71 Å². The molecule has 2 heterocycles. The van der Waals surface area contributed by atoms with Crippen LogP contribution in [-0.4, -0.2) is 45.6 Å². The second-order valence-corrected chi connectivity index (χ2v) is 7.96. The highest BCUT2D eigenvalue weighted by atomic mass is 35.5. The summed E-state index contributed by atoms with van der Waals surface area (Å²) in [5.41, 5.74) is 0.835. The van der Waals surface area contributed by atoms with Crippen LogP contribution in [0.1, 0.15) is 15.9 Å². The zero-order chi connectivity index (χ0) is 18.7. The summed E-state index contributed by atoms with van der Waals surface area (Å²) in [6.07, 6.45) is 1.25. The number of morpholine rings is 1. The third-order valence-electron chi connectivity index (χ3n) is 4.03. The second kappa shape index (κ2) is 7.61. The number of amides is 1. The second-order valence-electron chi connectivity index (χ2n) is 5.85. The zero-order valence-corrected chi connectivity index (χ0v) is 15.7. The molecule has 0 saturated carbocycles. The minimum Gasteiger partial charge on any atom is -0.378 e. The quantitative estimate of drug-likeness (QED) is 0.851. The van der Waals surface area contributed by atoms with Gasteiger partial charge < -0.3 is 9.64 Å². The van der Waals surface area contributed by atoms with Gasteiger partial charge in [-0.2, -0.15) is 0 Å². The molecule has 7 nitrogen and oxygen atoms in total. The monoisotopic (exact) mass is 395 g/mol. The molecular weight excluding hydrogens is 378 g/mol. The molecule has 0 spiro atoms. The van der Waals surface area contributed by atoms with Crippen molar-refractivity contribution in [2.45, 2.75) is 11.8 Å². The molecule has 0 unspecified atom stereocenters. The topological polar surface area (TPSA) is 88.6 Å². The van der Waals surface area contributed by atoms with Crippen molar-refractivity contribution in [3.63, 3.8) is 0 Å². The number of hydrogen-bond donors (Lipinski definition) is 1. The average molecular weight is 396 g/mol. The first-order valence-corrected chi connectivity index (χ1v) is 9.85. The summed E-state index contributed by atoms with van der Waals surface area (Å²) in [6, 6.07) is 7.68. The number of aromatic nitrogens is 1. The van der Waals surface area contributed by atoms with Crippen LogP contribution in [0.25, 0.3) is 0 Å². The van der Waals surface area contributed by atoms with Crippen molar-refractivity contribution < 1.29 is 17.9 Å². The molecule has 0 aliphatic carbocycles. The summed E-state index contributed by atoms with van der Waals surface area (Å²) in [5, 5.41) is 0.477. The van der Waals surface area contributed by atoms with Gasteiger partial charge >= 0.3 is 0 Å². The average Bonchev–Trinajstić information content (AvgIpc) is 2.62. The van der Waals surface area contributed by atoms with Crippen molar-refractivity contribution in [2.75, 3.05) is 31.2 Å². The number of hydrogen-bond acceptors (Lipinski definition) is 6. The molecule has 0 radical (unpaired) electrons. The molecule has 1 saturated heterocycles. The maximum Gasteiger partial charge on any atom is 0.265 e. The lowest BCUT2D eigenvalue weighted by molar-refractivity contribution is 0.0981. The number of nitrogens with zero attached hydrogens (tertiary/aromatic N) is 2. The maximum atomic E-state index is 12.5. The molecule has 1 amide bonds. The van der Waals surface area contributed by atoms with E-state index in [9.17, 15) is 13.2 Å². The van der Waals surface area contributed by atoms with Gasteiger partial charge in [0.05, 0.1) is 13.2 Å². The molecule has 3 rings (SSSR count). The van der Waals surface area contributed by atoms with Crippen molar-refractivity contribution in [1.29, 1.82) is 0 Å². The Labute approximate surface area is 157 Å². The number of sulfonamides is 1. The van der Waals surface area contributed by atoms with Crippen LogP contribution in [-0.2, 0) is 14.8 Å². The van der Waals surface area contributed by atoms with Crippen molar-refractivity contribution in [1.82, 2.24) is 9.71 Å². The largest absolute Gasteiger partial charge is 0.378 e. The van der Waals surface area contributed by atoms with E-state index >= 15 is 0 Å². The van der Waals surface area contributed by atoms with Crippen LogP contribution in [0, 0.1) is 6.92 Å². The molecule has 1 aromatic heterocycles. The molecule has 1 aromatic carbocycles. The predicted octanol–water partition coefficient (Wildman–Crippen LogP) is 2.00. The van der Waals surface area contributed by atoms with Gasteiger partial charge in [0.15, 0.2) is 0 Å². The van der Waals surface area contributed by atoms with Crippen LogP contribution in [0.4, 0.5) is 5.82 Å². The van der Waals surface area contributed by atoms with E-state index in [0.717, 1.165) is 0 Å². The highest BCUT2D eigenvalue weighted by Crippen LogP contribution is 2.18. The van der Waals surface area contributed by atoms with E-state index in [0.29, 0.717) is 42.7 Å². The summed E-state index contributed by atoms with van der Waals surface area (Å²) in [5.74, 6) is -0.0384. The fourth-order valence-corrected chi connectivity index (χ4v) is 3.77. The van der Waals surface area contributed by atoms with Crippen molar-refractivity contribution >= 4 is 33.3 Å². The van der Waals surface area contributed by atoms with Gasteiger partial charge in [0.25, 0.3) is 15.9 Å². The van der Waals surface area contributed by atoms with Crippen molar-refractivity contribution in [3.05, 3.63) is 52.7 Å². The zero-order valence-electron chi connectivity index (χ0n) is 14.1. The summed E-state index contributed by atoms with van der Waals surface area (Å²) < 4.78 is 32.2. The fourth-order valence-electron chi connectivity index (χ4n) is 2.63. The van der Waals surface area contributed by atoms with Crippen molar-refractivity contribution in [3.8, 4) is 0 Å². The Morgan fingerprint density at radius 1 is 1.23 bits per heavy atom. The van der Waals surface area contributed by atoms with Gasteiger partial charge in [0, 0.05) is 29.9 Å². The van der Waals surface area contributed by atoms with Gasteiger partial charge in [-0.05, 0) is 42.8 Å². The van der Waals surface area contributed by atoms with E-state index in [1.165, 1.54) is 24.4 Å². The van der Waals surface area contributed by atoms with Gasteiger partial charge in [0.2, 0.25) is 0 Å². The number of rotatable bonds is 4. The first kappa shape index (κ1) is 18.6. The van der Waals surface area contributed by atoms with Crippen LogP contribution in [0.3, 0.4) is 0 Å². The summed E-state index contributed by atoms with van der Waals surface area (Å²) in [6.45, 7) is 4.31. The normalized spacial score (nSPS) is 14.9. The van der Waals surface area contributed by atoms with Crippen LogP contribution in [0.15, 0.2) is 41.4 Å². The van der Waals surface area contributed by atoms with E-state index < -0.39 is 15.9 Å². The molecule has 138 valence electrons. The van der Waals surface area contributed by atoms with E-state index in [4.69, 9.17) is 16.3 Å². The first-order valence-electron chi connectivity index (χ1n) is 7.99. The number of aryl methyl sites for hydroxylation is 1. The number of pyridine rings is 1. The number of carbonyl (C=O) groups is 1. The predicted molar refractivity (Wildman–Crippen MR) is 98.1 cm³/mol. The molecule has 26 heavy (non-hydrogen) atoms. The summed E-state index contributed by atoms with van der Waals surface area (Å²) >= 11 is 5.86. The van der Waals surface area contributed by atoms with Crippen molar-refractivity contribution in [2.24, 2.45) is 0 Å². The van der Waals surface area contributed by atoms with E-state index in [1.54, 1.807) is 19.1 Å². The minimum atomic E-state index is -4.02. The number of carbonyl (C=O) groups excluding carboxylic acids is 1. The smallest absolute Gasteiger partial charge is 0.265 e. The van der Waals surface area contributed by atoms with Gasteiger partial charge in [-0.1, -0.05) is 11.6 Å². The molecule has 1 N–H and O–H groups in total.